The predicted molar refractivity (Wildman–Crippen MR) is 157 cm³/mol. The number of amides is 2. The number of likely N-dealkylation sites (tertiary alicyclic amines) is 1. The van der Waals surface area contributed by atoms with Crippen LogP contribution in [0.2, 0.25) is 0 Å². The van der Waals surface area contributed by atoms with E-state index in [9.17, 15) is 13.6 Å². The summed E-state index contributed by atoms with van der Waals surface area (Å²) in [6.07, 6.45) is 3.95. The highest BCUT2D eigenvalue weighted by molar-refractivity contribution is 7.77. The van der Waals surface area contributed by atoms with Gasteiger partial charge in [0.05, 0.1) is 0 Å². The van der Waals surface area contributed by atoms with Gasteiger partial charge in [0.1, 0.15) is 11.5 Å². The number of nitrogens with zero attached hydrogens (tertiary/aromatic N) is 2. The number of hydrogen-bond donors (Lipinski definition) is 2. The molecule has 4 rings (SSSR count). The van der Waals surface area contributed by atoms with Crippen LogP contribution in [0, 0.1) is 0 Å². The molecule has 0 saturated carbocycles. The van der Waals surface area contributed by atoms with Gasteiger partial charge in [-0.2, -0.15) is 0 Å². The Morgan fingerprint density at radius 3 is 2.17 bits per heavy atom. The number of rotatable bonds is 13. The molecule has 0 bridgehead atoms. The molecule has 8 nitrogen and oxygen atoms in total. The minimum atomic E-state index is -2.28. The van der Waals surface area contributed by atoms with Gasteiger partial charge in [0.25, 0.3) is 0 Å². The second kappa shape index (κ2) is 15.5. The lowest BCUT2D eigenvalue weighted by molar-refractivity contribution is 0.113. The number of piperidine rings is 1. The third kappa shape index (κ3) is 9.45. The average Bonchev–Trinajstić information content (AvgIpc) is 2.98. The van der Waals surface area contributed by atoms with Crippen LogP contribution in [0.15, 0.2) is 78.9 Å². The fraction of sp³-hybridized carbons (Fsp3) is 0.387. The summed E-state index contributed by atoms with van der Waals surface area (Å²) in [4.78, 5) is 17.6. The summed E-state index contributed by atoms with van der Waals surface area (Å²) in [5.41, 5.74) is 3.23. The number of urea groups is 1. The summed E-state index contributed by atoms with van der Waals surface area (Å²) in [7, 11) is 0. The molecule has 3 aromatic carbocycles. The van der Waals surface area contributed by atoms with E-state index in [1.165, 1.54) is 5.56 Å². The van der Waals surface area contributed by atoms with Gasteiger partial charge in [0.15, 0.2) is 0 Å². The van der Waals surface area contributed by atoms with Crippen molar-refractivity contribution in [1.29, 1.82) is 0 Å². The SMILES string of the molecule is CCCCNC(=O)N(Cc1ccccc1)C1CCN(Cc2ccc(Oc3ccc(CNS(=O)[O-])cc3)cc2)CC1. The summed E-state index contributed by atoms with van der Waals surface area (Å²) < 4.78 is 29.6. The maximum Gasteiger partial charge on any atom is 0.317 e. The van der Waals surface area contributed by atoms with E-state index in [0.29, 0.717) is 18.8 Å². The van der Waals surface area contributed by atoms with Crippen LogP contribution in [0.1, 0.15) is 49.3 Å². The minimum Gasteiger partial charge on any atom is -0.760 e. The third-order valence-electron chi connectivity index (χ3n) is 7.14. The van der Waals surface area contributed by atoms with E-state index >= 15 is 0 Å². The topological polar surface area (TPSA) is 97.0 Å². The second-order valence-corrected chi connectivity index (χ2v) is 10.9. The van der Waals surface area contributed by atoms with Crippen LogP contribution >= 0.6 is 0 Å². The highest BCUT2D eigenvalue weighted by atomic mass is 32.2. The zero-order valence-corrected chi connectivity index (χ0v) is 23.9. The Labute approximate surface area is 240 Å². The summed E-state index contributed by atoms with van der Waals surface area (Å²) in [5, 5.41) is 3.12. The van der Waals surface area contributed by atoms with Gasteiger partial charge in [-0.3, -0.25) is 9.11 Å². The average molecular weight is 564 g/mol. The molecular formula is C31H39N4O4S-. The monoisotopic (exact) mass is 563 g/mol. The van der Waals surface area contributed by atoms with Crippen molar-refractivity contribution in [3.63, 3.8) is 0 Å². The first-order chi connectivity index (χ1) is 19.5. The van der Waals surface area contributed by atoms with E-state index in [1.54, 1.807) is 0 Å². The van der Waals surface area contributed by atoms with Crippen molar-refractivity contribution < 1.29 is 18.3 Å². The lowest BCUT2D eigenvalue weighted by Crippen LogP contribution is -2.50. The molecule has 2 amide bonds. The molecule has 1 aliphatic heterocycles. The number of carbonyl (C=O) groups is 1. The maximum absolute atomic E-state index is 13.1. The normalized spacial score (nSPS) is 14.9. The molecular weight excluding hydrogens is 524 g/mol. The molecule has 1 unspecified atom stereocenters. The second-order valence-electron chi connectivity index (χ2n) is 10.2. The largest absolute Gasteiger partial charge is 0.760 e. The predicted octanol–water partition coefficient (Wildman–Crippen LogP) is 5.34. The molecule has 2 N–H and O–H groups in total. The van der Waals surface area contributed by atoms with E-state index in [-0.39, 0.29) is 18.6 Å². The summed E-state index contributed by atoms with van der Waals surface area (Å²) in [5.74, 6) is 1.44. The Bertz CT molecular complexity index is 1200. The van der Waals surface area contributed by atoms with Gasteiger partial charge in [-0.25, -0.2) is 9.52 Å². The van der Waals surface area contributed by atoms with E-state index in [1.807, 2.05) is 59.5 Å². The molecule has 0 aromatic heterocycles. The zero-order chi connectivity index (χ0) is 28.2. The van der Waals surface area contributed by atoms with Crippen LogP contribution in [0.5, 0.6) is 11.5 Å². The molecule has 1 atom stereocenters. The highest BCUT2D eigenvalue weighted by Crippen LogP contribution is 2.24. The fourth-order valence-electron chi connectivity index (χ4n) is 4.88. The van der Waals surface area contributed by atoms with Crippen molar-refractivity contribution in [2.24, 2.45) is 0 Å². The van der Waals surface area contributed by atoms with E-state index < -0.39 is 11.3 Å². The molecule has 214 valence electrons. The smallest absolute Gasteiger partial charge is 0.317 e. The molecule has 1 fully saturated rings. The van der Waals surface area contributed by atoms with Gasteiger partial charge in [0.2, 0.25) is 0 Å². The van der Waals surface area contributed by atoms with Crippen LogP contribution < -0.4 is 14.8 Å². The van der Waals surface area contributed by atoms with Crippen molar-refractivity contribution in [1.82, 2.24) is 19.8 Å². The summed E-state index contributed by atoms with van der Waals surface area (Å²) in [6.45, 7) is 6.47. The Hall–Kier alpha value is -3.24. The molecule has 40 heavy (non-hydrogen) atoms. The molecule has 3 aromatic rings. The summed E-state index contributed by atoms with van der Waals surface area (Å²) in [6, 6.07) is 25.9. The van der Waals surface area contributed by atoms with Gasteiger partial charge in [-0.15, -0.1) is 0 Å². The number of benzene rings is 3. The molecule has 0 radical (unpaired) electrons. The molecule has 1 aliphatic rings. The lowest BCUT2D eigenvalue weighted by Gasteiger charge is -2.38. The molecule has 0 aliphatic carbocycles. The number of hydrogen-bond acceptors (Lipinski definition) is 5. The van der Waals surface area contributed by atoms with Crippen LogP contribution in [0.4, 0.5) is 4.79 Å². The highest BCUT2D eigenvalue weighted by Gasteiger charge is 2.28. The van der Waals surface area contributed by atoms with E-state index in [0.717, 1.165) is 62.2 Å². The van der Waals surface area contributed by atoms with Gasteiger partial charge in [-0.1, -0.05) is 67.9 Å². The first-order valence-electron chi connectivity index (χ1n) is 14.0. The van der Waals surface area contributed by atoms with E-state index in [4.69, 9.17) is 4.74 Å². The van der Waals surface area contributed by atoms with Crippen LogP contribution in [0.3, 0.4) is 0 Å². The van der Waals surface area contributed by atoms with Gasteiger partial charge >= 0.3 is 6.03 Å². The van der Waals surface area contributed by atoms with Crippen LogP contribution in [-0.2, 0) is 30.9 Å². The van der Waals surface area contributed by atoms with Gasteiger partial charge < -0.3 is 19.5 Å². The standard InChI is InChI=1S/C31H40N4O4S/c1-2-3-19-32-31(36)35(24-26-7-5-4-6-8-26)28-17-20-34(21-18-28)23-27-11-15-30(16-12-27)39-29-13-9-25(10-14-29)22-33-40(37)38/h4-16,28,33H,2-3,17-24H2,1H3,(H,32,36)(H,37,38)/p-1. The first-order valence-corrected chi connectivity index (χ1v) is 15.1. The number of unbranched alkanes of at least 4 members (excludes halogenated alkanes) is 1. The van der Waals surface area contributed by atoms with Crippen molar-refractivity contribution >= 4 is 17.3 Å². The fourth-order valence-corrected chi connectivity index (χ4v) is 5.17. The molecule has 1 saturated heterocycles. The Morgan fingerprint density at radius 2 is 1.57 bits per heavy atom. The van der Waals surface area contributed by atoms with Crippen molar-refractivity contribution in [2.45, 2.75) is 58.3 Å². The van der Waals surface area contributed by atoms with Crippen molar-refractivity contribution in [2.75, 3.05) is 19.6 Å². The Balaban J connectivity index is 1.27. The maximum atomic E-state index is 13.1. The van der Waals surface area contributed by atoms with Gasteiger partial charge in [0, 0.05) is 56.6 Å². The van der Waals surface area contributed by atoms with Gasteiger partial charge in [-0.05, 0) is 60.2 Å². The lowest BCUT2D eigenvalue weighted by atomic mass is 10.0. The molecule has 1 heterocycles. The number of carbonyl (C=O) groups excluding carboxylic acids is 1. The minimum absolute atomic E-state index is 0.0385. The first kappa shape index (κ1) is 29.7. The Kier molecular flexibility index (Phi) is 11.5. The van der Waals surface area contributed by atoms with Crippen molar-refractivity contribution in [3.05, 3.63) is 95.6 Å². The Morgan fingerprint density at radius 1 is 0.950 bits per heavy atom. The molecule has 0 spiro atoms. The zero-order valence-electron chi connectivity index (χ0n) is 23.1. The third-order valence-corrected chi connectivity index (χ3v) is 7.52. The number of nitrogens with one attached hydrogen (secondary N) is 2. The van der Waals surface area contributed by atoms with Crippen LogP contribution in [-0.4, -0.2) is 50.3 Å². The quantitative estimate of drug-likeness (QED) is 0.216. The summed E-state index contributed by atoms with van der Waals surface area (Å²) >= 11 is -2.28. The number of ether oxygens (including phenoxy) is 1. The van der Waals surface area contributed by atoms with Crippen LogP contribution in [0.25, 0.3) is 0 Å². The van der Waals surface area contributed by atoms with Crippen molar-refractivity contribution in [3.8, 4) is 11.5 Å². The van der Waals surface area contributed by atoms with E-state index in [2.05, 4.69) is 46.1 Å². The molecule has 9 heteroatoms.